The lowest BCUT2D eigenvalue weighted by atomic mass is 10.1. The number of hydrogen-bond donors (Lipinski definition) is 2. The number of nitrogen functional groups attached to an aromatic ring is 1. The zero-order valence-electron chi connectivity index (χ0n) is 10.3. The first-order valence-corrected chi connectivity index (χ1v) is 5.91. The van der Waals surface area contributed by atoms with E-state index in [0.717, 1.165) is 29.0 Å². The summed E-state index contributed by atoms with van der Waals surface area (Å²) < 4.78 is 0. The predicted molar refractivity (Wildman–Crippen MR) is 74.7 cm³/mol. The molecule has 0 bridgehead atoms. The molecule has 0 radical (unpaired) electrons. The van der Waals surface area contributed by atoms with Crippen molar-refractivity contribution in [2.75, 3.05) is 11.1 Å². The maximum Gasteiger partial charge on any atom is 0.0647 e. The van der Waals surface area contributed by atoms with Crippen LogP contribution in [-0.4, -0.2) is 0 Å². The lowest BCUT2D eigenvalue weighted by molar-refractivity contribution is 1.14. The van der Waals surface area contributed by atoms with E-state index >= 15 is 0 Å². The van der Waals surface area contributed by atoms with Crippen molar-refractivity contribution in [2.45, 2.75) is 20.3 Å². The number of aryl methyl sites for hydroxylation is 2. The summed E-state index contributed by atoms with van der Waals surface area (Å²) >= 11 is 0. The van der Waals surface area contributed by atoms with E-state index in [4.69, 9.17) is 5.73 Å². The largest absolute Gasteiger partial charge is 0.397 e. The van der Waals surface area contributed by atoms with E-state index in [1.807, 2.05) is 12.1 Å². The van der Waals surface area contributed by atoms with E-state index in [1.54, 1.807) is 0 Å². The van der Waals surface area contributed by atoms with E-state index in [2.05, 4.69) is 49.5 Å². The maximum absolute atomic E-state index is 5.98. The van der Waals surface area contributed by atoms with Gasteiger partial charge in [0.1, 0.15) is 0 Å². The van der Waals surface area contributed by atoms with E-state index in [1.165, 1.54) is 5.56 Å². The Morgan fingerprint density at radius 1 is 1.12 bits per heavy atom. The molecule has 0 aliphatic heterocycles. The molecule has 0 heterocycles. The van der Waals surface area contributed by atoms with Gasteiger partial charge in [0.2, 0.25) is 0 Å². The maximum atomic E-state index is 5.98. The highest BCUT2D eigenvalue weighted by molar-refractivity contribution is 5.75. The van der Waals surface area contributed by atoms with Crippen LogP contribution in [0.3, 0.4) is 0 Å². The van der Waals surface area contributed by atoms with Gasteiger partial charge in [0.05, 0.1) is 11.4 Å². The average Bonchev–Trinajstić information content (AvgIpc) is 2.34. The molecular formula is C15H18N2. The molecule has 2 aromatic carbocycles. The van der Waals surface area contributed by atoms with Crippen molar-refractivity contribution in [3.63, 3.8) is 0 Å². The summed E-state index contributed by atoms with van der Waals surface area (Å²) in [5.74, 6) is 0. The number of nitrogens with one attached hydrogen (secondary N) is 1. The molecule has 0 fully saturated rings. The first-order chi connectivity index (χ1) is 8.20. The van der Waals surface area contributed by atoms with Gasteiger partial charge < -0.3 is 11.1 Å². The van der Waals surface area contributed by atoms with Crippen LogP contribution in [0.1, 0.15) is 18.1 Å². The second kappa shape index (κ2) is 4.91. The Hall–Kier alpha value is -1.96. The molecule has 0 saturated heterocycles. The monoisotopic (exact) mass is 226 g/mol. The minimum atomic E-state index is 0.784. The Balaban J connectivity index is 2.31. The summed E-state index contributed by atoms with van der Waals surface area (Å²) in [6.45, 7) is 4.21. The first kappa shape index (κ1) is 11.5. The van der Waals surface area contributed by atoms with Gasteiger partial charge >= 0.3 is 0 Å². The molecule has 3 N–H and O–H groups in total. The quantitative estimate of drug-likeness (QED) is 0.779. The van der Waals surface area contributed by atoms with Gasteiger partial charge in [-0.1, -0.05) is 31.2 Å². The van der Waals surface area contributed by atoms with Crippen LogP contribution < -0.4 is 11.1 Å². The molecule has 0 aromatic heterocycles. The smallest absolute Gasteiger partial charge is 0.0647 e. The van der Waals surface area contributed by atoms with E-state index < -0.39 is 0 Å². The highest BCUT2D eigenvalue weighted by Gasteiger charge is 2.03. The van der Waals surface area contributed by atoms with Crippen molar-refractivity contribution in [1.82, 2.24) is 0 Å². The highest BCUT2D eigenvalue weighted by atomic mass is 14.9. The number of hydrogen-bond acceptors (Lipinski definition) is 2. The fraction of sp³-hybridized carbons (Fsp3) is 0.200. The van der Waals surface area contributed by atoms with E-state index in [-0.39, 0.29) is 0 Å². The number of rotatable bonds is 3. The molecule has 2 nitrogen and oxygen atoms in total. The SMILES string of the molecule is CCc1cccc(Nc2c(C)cccc2N)c1. The normalized spacial score (nSPS) is 10.2. The summed E-state index contributed by atoms with van der Waals surface area (Å²) in [7, 11) is 0. The fourth-order valence-corrected chi connectivity index (χ4v) is 1.87. The van der Waals surface area contributed by atoms with Crippen molar-refractivity contribution in [1.29, 1.82) is 0 Å². The minimum Gasteiger partial charge on any atom is -0.397 e. The molecule has 0 unspecified atom stereocenters. The van der Waals surface area contributed by atoms with Gasteiger partial charge in [-0.25, -0.2) is 0 Å². The topological polar surface area (TPSA) is 38.0 Å². The fourth-order valence-electron chi connectivity index (χ4n) is 1.87. The second-order valence-corrected chi connectivity index (χ2v) is 4.22. The molecule has 0 aliphatic rings. The lowest BCUT2D eigenvalue weighted by Gasteiger charge is -2.12. The van der Waals surface area contributed by atoms with Gasteiger partial charge in [-0.2, -0.15) is 0 Å². The summed E-state index contributed by atoms with van der Waals surface area (Å²) in [4.78, 5) is 0. The molecule has 17 heavy (non-hydrogen) atoms. The van der Waals surface area contributed by atoms with Gasteiger partial charge in [0.25, 0.3) is 0 Å². The Morgan fingerprint density at radius 2 is 1.88 bits per heavy atom. The zero-order chi connectivity index (χ0) is 12.3. The van der Waals surface area contributed by atoms with Crippen LogP contribution in [-0.2, 0) is 6.42 Å². The summed E-state index contributed by atoms with van der Waals surface area (Å²) in [5, 5.41) is 3.39. The third-order valence-corrected chi connectivity index (χ3v) is 2.91. The van der Waals surface area contributed by atoms with Gasteiger partial charge in [-0.15, -0.1) is 0 Å². The standard InChI is InChI=1S/C15H18N2/c1-3-12-7-5-8-13(10-12)17-15-11(2)6-4-9-14(15)16/h4-10,17H,3,16H2,1-2H3. The van der Waals surface area contributed by atoms with E-state index in [0.29, 0.717) is 0 Å². The Morgan fingerprint density at radius 3 is 2.59 bits per heavy atom. The number of para-hydroxylation sites is 1. The molecule has 0 saturated carbocycles. The first-order valence-electron chi connectivity index (χ1n) is 5.91. The van der Waals surface area contributed by atoms with Crippen LogP contribution in [0.5, 0.6) is 0 Å². The summed E-state index contributed by atoms with van der Waals surface area (Å²) in [6, 6.07) is 14.4. The molecule has 2 aromatic rings. The number of nitrogens with two attached hydrogens (primary N) is 1. The molecule has 2 heteroatoms. The Labute approximate surface area is 102 Å². The number of anilines is 3. The molecule has 88 valence electrons. The summed E-state index contributed by atoms with van der Waals surface area (Å²) in [6.07, 6.45) is 1.04. The van der Waals surface area contributed by atoms with Crippen LogP contribution in [0.25, 0.3) is 0 Å². The van der Waals surface area contributed by atoms with E-state index in [9.17, 15) is 0 Å². The average molecular weight is 226 g/mol. The van der Waals surface area contributed by atoms with Gasteiger partial charge in [0.15, 0.2) is 0 Å². The summed E-state index contributed by atoms with van der Waals surface area (Å²) in [5.41, 5.74) is 11.3. The molecular weight excluding hydrogens is 208 g/mol. The van der Waals surface area contributed by atoms with Crippen LogP contribution >= 0.6 is 0 Å². The van der Waals surface area contributed by atoms with Gasteiger partial charge in [-0.3, -0.25) is 0 Å². The minimum absolute atomic E-state index is 0.784. The van der Waals surface area contributed by atoms with Crippen molar-refractivity contribution < 1.29 is 0 Å². The third-order valence-electron chi connectivity index (χ3n) is 2.91. The number of benzene rings is 2. The molecule has 0 spiro atoms. The molecule has 0 aliphatic carbocycles. The molecule has 2 rings (SSSR count). The van der Waals surface area contributed by atoms with Crippen molar-refractivity contribution in [3.8, 4) is 0 Å². The second-order valence-electron chi connectivity index (χ2n) is 4.22. The van der Waals surface area contributed by atoms with Gasteiger partial charge in [-0.05, 0) is 42.7 Å². The van der Waals surface area contributed by atoms with Crippen molar-refractivity contribution in [3.05, 3.63) is 53.6 Å². The zero-order valence-corrected chi connectivity index (χ0v) is 10.3. The predicted octanol–water partition coefficient (Wildman–Crippen LogP) is 3.88. The van der Waals surface area contributed by atoms with Crippen LogP contribution in [0.2, 0.25) is 0 Å². The van der Waals surface area contributed by atoms with Crippen molar-refractivity contribution in [2.24, 2.45) is 0 Å². The Bertz CT molecular complexity index is 498. The molecule has 0 atom stereocenters. The van der Waals surface area contributed by atoms with Crippen molar-refractivity contribution >= 4 is 17.1 Å². The van der Waals surface area contributed by atoms with Crippen LogP contribution in [0.4, 0.5) is 17.1 Å². The molecule has 0 amide bonds. The third kappa shape index (κ3) is 2.59. The van der Waals surface area contributed by atoms with Crippen LogP contribution in [0.15, 0.2) is 42.5 Å². The van der Waals surface area contributed by atoms with Crippen LogP contribution in [0, 0.1) is 6.92 Å². The Kier molecular flexibility index (Phi) is 3.33. The highest BCUT2D eigenvalue weighted by Crippen LogP contribution is 2.26. The lowest BCUT2D eigenvalue weighted by Crippen LogP contribution is -1.98. The van der Waals surface area contributed by atoms with Gasteiger partial charge in [0, 0.05) is 5.69 Å².